The van der Waals surface area contributed by atoms with Gasteiger partial charge in [0, 0.05) is 0 Å². The second kappa shape index (κ2) is 7.00. The average molecular weight is 388 g/mol. The molecule has 2 nitrogen and oxygen atoms in total. The Morgan fingerprint density at radius 2 is 1.65 bits per heavy atom. The highest BCUT2D eigenvalue weighted by atomic mass is 19.4. The third-order valence-electron chi connectivity index (χ3n) is 6.58. The van der Waals surface area contributed by atoms with E-state index < -0.39 is 18.0 Å². The lowest BCUT2D eigenvalue weighted by atomic mass is 9.61. The lowest BCUT2D eigenvalue weighted by Crippen LogP contribution is -2.55. The summed E-state index contributed by atoms with van der Waals surface area (Å²) in [5, 5.41) is 19.4. The van der Waals surface area contributed by atoms with Crippen LogP contribution >= 0.6 is 0 Å². The predicted octanol–water partition coefficient (Wildman–Crippen LogP) is 5.00. The summed E-state index contributed by atoms with van der Waals surface area (Å²) in [4.78, 5) is 0. The molecule has 26 heavy (non-hydrogen) atoms. The molecular weight excluding hydrogens is 362 g/mol. The molecule has 0 aromatic heterocycles. The second-order valence-electron chi connectivity index (χ2n) is 8.13. The first-order valence-corrected chi connectivity index (χ1v) is 8.95. The number of hydrogen-bond acceptors (Lipinski definition) is 2. The van der Waals surface area contributed by atoms with E-state index in [2.05, 4.69) is 6.92 Å². The molecule has 0 saturated heterocycles. The van der Waals surface area contributed by atoms with E-state index >= 15 is 0 Å². The summed E-state index contributed by atoms with van der Waals surface area (Å²) in [5.74, 6) is 0.115. The van der Waals surface area contributed by atoms with Crippen LogP contribution in [-0.4, -0.2) is 34.3 Å². The molecule has 0 aromatic carbocycles. The van der Waals surface area contributed by atoms with Gasteiger partial charge in [-0.1, -0.05) is 26.3 Å². The minimum atomic E-state index is -5.83. The Bertz CT molecular complexity index is 513. The largest absolute Gasteiger partial charge is 0.429 e. The van der Waals surface area contributed by atoms with Crippen molar-refractivity contribution in [3.8, 4) is 0 Å². The molecule has 0 spiro atoms. The maximum absolute atomic E-state index is 12.7. The summed E-state index contributed by atoms with van der Waals surface area (Å²) in [6.07, 6.45) is -7.27. The molecule has 0 unspecified atom stereocenters. The van der Waals surface area contributed by atoms with Crippen molar-refractivity contribution in [2.45, 2.75) is 76.4 Å². The molecule has 2 N–H and O–H groups in total. The number of rotatable bonds is 4. The zero-order valence-corrected chi connectivity index (χ0v) is 14.9. The quantitative estimate of drug-likeness (QED) is 0.526. The minimum Gasteiger partial charge on any atom is -0.393 e. The van der Waals surface area contributed by atoms with Crippen molar-refractivity contribution in [1.82, 2.24) is 0 Å². The van der Waals surface area contributed by atoms with Gasteiger partial charge in [-0.15, -0.1) is 0 Å². The van der Waals surface area contributed by atoms with Gasteiger partial charge in [-0.25, -0.2) is 0 Å². The molecular formula is C18H26F6O2. The number of aliphatic hydroxyl groups excluding tert-OH is 1. The molecule has 0 radical (unpaired) electrons. The third-order valence-corrected chi connectivity index (χ3v) is 6.58. The first-order chi connectivity index (χ1) is 11.7. The van der Waals surface area contributed by atoms with Crippen LogP contribution in [0.2, 0.25) is 0 Å². The highest BCUT2D eigenvalue weighted by Gasteiger charge is 2.68. The molecule has 152 valence electrons. The SMILES string of the molecule is C[C@H](C/C=C/C(O)(C(F)(F)F)C(F)(F)F)[C@H]1CC[C@H]2[C@@H](O)CCC[C@]12C. The van der Waals surface area contributed by atoms with Gasteiger partial charge in [0.1, 0.15) is 0 Å². The van der Waals surface area contributed by atoms with Crippen LogP contribution in [0.5, 0.6) is 0 Å². The van der Waals surface area contributed by atoms with Crippen molar-refractivity contribution >= 4 is 0 Å². The van der Waals surface area contributed by atoms with Crippen LogP contribution in [0.25, 0.3) is 0 Å². The van der Waals surface area contributed by atoms with E-state index in [4.69, 9.17) is 5.11 Å². The Kier molecular flexibility index (Phi) is 5.80. The monoisotopic (exact) mass is 388 g/mol. The highest BCUT2D eigenvalue weighted by Crippen LogP contribution is 2.58. The maximum atomic E-state index is 12.7. The van der Waals surface area contributed by atoms with Gasteiger partial charge < -0.3 is 10.2 Å². The highest BCUT2D eigenvalue weighted by molar-refractivity contribution is 5.11. The van der Waals surface area contributed by atoms with Gasteiger partial charge in [0.2, 0.25) is 0 Å². The number of alkyl halides is 6. The number of aliphatic hydroxyl groups is 2. The molecule has 2 aliphatic carbocycles. The Morgan fingerprint density at radius 3 is 2.19 bits per heavy atom. The Hall–Kier alpha value is -0.760. The van der Waals surface area contributed by atoms with Gasteiger partial charge in [0.05, 0.1) is 6.10 Å². The molecule has 2 rings (SSSR count). The van der Waals surface area contributed by atoms with Crippen LogP contribution in [0, 0.1) is 23.2 Å². The summed E-state index contributed by atoms with van der Waals surface area (Å²) in [6.45, 7) is 3.88. The zero-order valence-electron chi connectivity index (χ0n) is 14.9. The topological polar surface area (TPSA) is 40.5 Å². The third kappa shape index (κ3) is 3.63. The van der Waals surface area contributed by atoms with E-state index in [0.717, 1.165) is 38.2 Å². The van der Waals surface area contributed by atoms with E-state index in [1.165, 1.54) is 0 Å². The van der Waals surface area contributed by atoms with Crippen molar-refractivity contribution in [1.29, 1.82) is 0 Å². The van der Waals surface area contributed by atoms with Crippen molar-refractivity contribution in [2.24, 2.45) is 23.2 Å². The smallest absolute Gasteiger partial charge is 0.393 e. The molecule has 0 heterocycles. The Morgan fingerprint density at radius 1 is 1.08 bits per heavy atom. The van der Waals surface area contributed by atoms with Crippen LogP contribution in [0.4, 0.5) is 26.3 Å². The standard InChI is InChI=1S/C18H26F6O2/c1-11(5-3-10-16(26,17(19,20)21)18(22,23)24)12-7-8-13-14(25)6-4-9-15(12,13)2/h3,10-14,25-26H,4-9H2,1-2H3/b10-3+/t11-,12-,13+,14+,15-/m1/s1. The molecule has 0 bridgehead atoms. The van der Waals surface area contributed by atoms with Crippen LogP contribution < -0.4 is 0 Å². The van der Waals surface area contributed by atoms with Gasteiger partial charge in [-0.05, 0) is 61.3 Å². The fourth-order valence-corrected chi connectivity index (χ4v) is 5.09. The lowest BCUT2D eigenvalue weighted by molar-refractivity contribution is -0.347. The van der Waals surface area contributed by atoms with Crippen LogP contribution in [0.15, 0.2) is 12.2 Å². The average Bonchev–Trinajstić information content (AvgIpc) is 2.83. The first kappa shape index (κ1) is 21.5. The molecule has 5 atom stereocenters. The molecule has 2 aliphatic rings. The second-order valence-corrected chi connectivity index (χ2v) is 8.13. The van der Waals surface area contributed by atoms with E-state index in [9.17, 15) is 31.4 Å². The number of halogens is 6. The van der Waals surface area contributed by atoms with Crippen molar-refractivity contribution in [2.75, 3.05) is 0 Å². The summed E-state index contributed by atoms with van der Waals surface area (Å²) >= 11 is 0. The Labute approximate surface area is 149 Å². The van der Waals surface area contributed by atoms with Gasteiger partial charge in [0.15, 0.2) is 0 Å². The minimum absolute atomic E-state index is 0.0115. The molecule has 2 saturated carbocycles. The number of hydrogen-bond donors (Lipinski definition) is 2. The van der Waals surface area contributed by atoms with Crippen molar-refractivity contribution < 1.29 is 36.6 Å². The summed E-state index contributed by atoms with van der Waals surface area (Å²) < 4.78 is 76.2. The van der Waals surface area contributed by atoms with Crippen LogP contribution in [0.3, 0.4) is 0 Å². The van der Waals surface area contributed by atoms with Crippen molar-refractivity contribution in [3.05, 3.63) is 12.2 Å². The fourth-order valence-electron chi connectivity index (χ4n) is 5.09. The summed E-state index contributed by atoms with van der Waals surface area (Å²) in [6, 6.07) is 0. The van der Waals surface area contributed by atoms with E-state index in [1.54, 1.807) is 0 Å². The first-order valence-electron chi connectivity index (χ1n) is 8.95. The molecule has 0 amide bonds. The van der Waals surface area contributed by atoms with Gasteiger partial charge in [0.25, 0.3) is 5.60 Å². The Balaban J connectivity index is 2.10. The van der Waals surface area contributed by atoms with E-state index in [0.29, 0.717) is 0 Å². The van der Waals surface area contributed by atoms with E-state index in [1.807, 2.05) is 6.92 Å². The molecule has 2 fully saturated rings. The van der Waals surface area contributed by atoms with Gasteiger partial charge in [-0.3, -0.25) is 0 Å². The van der Waals surface area contributed by atoms with Crippen LogP contribution in [0.1, 0.15) is 52.4 Å². The lowest BCUT2D eigenvalue weighted by Gasteiger charge is -2.45. The molecule has 0 aliphatic heterocycles. The van der Waals surface area contributed by atoms with Crippen molar-refractivity contribution in [3.63, 3.8) is 0 Å². The fraction of sp³-hybridized carbons (Fsp3) is 0.889. The normalized spacial score (nSPS) is 34.9. The number of allylic oxidation sites excluding steroid dienone is 1. The molecule has 0 aromatic rings. The summed E-state index contributed by atoms with van der Waals surface area (Å²) in [5.41, 5.74) is -4.97. The van der Waals surface area contributed by atoms with Gasteiger partial charge in [-0.2, -0.15) is 26.3 Å². The maximum Gasteiger partial charge on any atom is 0.429 e. The predicted molar refractivity (Wildman–Crippen MR) is 84.2 cm³/mol. The van der Waals surface area contributed by atoms with Gasteiger partial charge >= 0.3 is 12.4 Å². The summed E-state index contributed by atoms with van der Waals surface area (Å²) in [7, 11) is 0. The molecule has 8 heteroatoms. The van der Waals surface area contributed by atoms with Crippen LogP contribution in [-0.2, 0) is 0 Å². The number of fused-ring (bicyclic) bond motifs is 1. The van der Waals surface area contributed by atoms with E-state index in [-0.39, 0.29) is 41.8 Å². The zero-order chi connectivity index (χ0) is 20.0.